The second-order valence-corrected chi connectivity index (χ2v) is 6.04. The lowest BCUT2D eigenvalue weighted by molar-refractivity contribution is 0.0694. The smallest absolute Gasteiger partial charge is 0.338 e. The molecule has 4 heteroatoms. The zero-order chi connectivity index (χ0) is 14.4. The maximum absolute atomic E-state index is 11.5. The molecule has 0 saturated carbocycles. The first-order chi connectivity index (χ1) is 9.01. The molecule has 2 N–H and O–H groups in total. The SMILES string of the molecule is CCSc1cccc(NC(C)C(C)CC)c1C(=O)O. The molecule has 2 atom stereocenters. The molecule has 1 aromatic rings. The lowest BCUT2D eigenvalue weighted by atomic mass is 10.00. The van der Waals surface area contributed by atoms with Crippen LogP contribution in [-0.2, 0) is 0 Å². The van der Waals surface area contributed by atoms with Gasteiger partial charge in [-0.15, -0.1) is 11.8 Å². The molecule has 0 amide bonds. The summed E-state index contributed by atoms with van der Waals surface area (Å²) >= 11 is 1.56. The van der Waals surface area contributed by atoms with Crippen molar-refractivity contribution in [1.82, 2.24) is 0 Å². The fourth-order valence-corrected chi connectivity index (χ4v) is 2.72. The summed E-state index contributed by atoms with van der Waals surface area (Å²) < 4.78 is 0. The Balaban J connectivity index is 3.06. The third-order valence-electron chi connectivity index (χ3n) is 3.42. The molecular weight excluding hydrogens is 258 g/mol. The number of carboxylic acid groups (broad SMARTS) is 1. The Hall–Kier alpha value is -1.16. The van der Waals surface area contributed by atoms with Crippen LogP contribution in [0, 0.1) is 5.92 Å². The van der Waals surface area contributed by atoms with Gasteiger partial charge in [-0.25, -0.2) is 4.79 Å². The molecule has 0 aliphatic carbocycles. The molecule has 0 saturated heterocycles. The number of anilines is 1. The van der Waals surface area contributed by atoms with Crippen LogP contribution in [0.5, 0.6) is 0 Å². The Morgan fingerprint density at radius 1 is 1.37 bits per heavy atom. The Kier molecular flexibility index (Phi) is 6.22. The van der Waals surface area contributed by atoms with Crippen LogP contribution in [0.2, 0.25) is 0 Å². The highest BCUT2D eigenvalue weighted by Crippen LogP contribution is 2.29. The van der Waals surface area contributed by atoms with Crippen LogP contribution in [0.15, 0.2) is 23.1 Å². The molecule has 2 unspecified atom stereocenters. The largest absolute Gasteiger partial charge is 0.478 e. The number of carbonyl (C=O) groups is 1. The van der Waals surface area contributed by atoms with E-state index in [0.717, 1.165) is 22.8 Å². The second kappa shape index (κ2) is 7.43. The maximum Gasteiger partial charge on any atom is 0.338 e. The summed E-state index contributed by atoms with van der Waals surface area (Å²) in [6, 6.07) is 5.89. The van der Waals surface area contributed by atoms with E-state index < -0.39 is 5.97 Å². The summed E-state index contributed by atoms with van der Waals surface area (Å²) in [5.74, 6) is 0.504. The van der Waals surface area contributed by atoms with Crippen LogP contribution in [0.1, 0.15) is 44.5 Å². The normalized spacial score (nSPS) is 13.9. The van der Waals surface area contributed by atoms with Crippen LogP contribution >= 0.6 is 11.8 Å². The van der Waals surface area contributed by atoms with Gasteiger partial charge in [0.2, 0.25) is 0 Å². The van der Waals surface area contributed by atoms with Crippen LogP contribution < -0.4 is 5.32 Å². The van der Waals surface area contributed by atoms with Crippen molar-refractivity contribution >= 4 is 23.4 Å². The number of thioether (sulfide) groups is 1. The van der Waals surface area contributed by atoms with Crippen LogP contribution in [0.4, 0.5) is 5.69 Å². The van der Waals surface area contributed by atoms with Gasteiger partial charge in [-0.1, -0.05) is 33.3 Å². The summed E-state index contributed by atoms with van der Waals surface area (Å²) in [7, 11) is 0. The minimum Gasteiger partial charge on any atom is -0.478 e. The molecule has 0 radical (unpaired) electrons. The van der Waals surface area contributed by atoms with Crippen LogP contribution in [-0.4, -0.2) is 22.9 Å². The highest BCUT2D eigenvalue weighted by atomic mass is 32.2. The van der Waals surface area contributed by atoms with Gasteiger partial charge in [0.25, 0.3) is 0 Å². The highest BCUT2D eigenvalue weighted by molar-refractivity contribution is 7.99. The fraction of sp³-hybridized carbons (Fsp3) is 0.533. The molecule has 1 rings (SSSR count). The van der Waals surface area contributed by atoms with E-state index in [0.29, 0.717) is 11.5 Å². The van der Waals surface area contributed by atoms with Crippen LogP contribution in [0.3, 0.4) is 0 Å². The van der Waals surface area contributed by atoms with E-state index in [2.05, 4.69) is 26.1 Å². The third-order valence-corrected chi connectivity index (χ3v) is 4.36. The van der Waals surface area contributed by atoms with E-state index in [9.17, 15) is 9.90 Å². The Morgan fingerprint density at radius 3 is 2.58 bits per heavy atom. The van der Waals surface area contributed by atoms with Gasteiger partial charge < -0.3 is 10.4 Å². The Morgan fingerprint density at radius 2 is 2.05 bits per heavy atom. The molecule has 0 aliphatic rings. The molecule has 0 aromatic heterocycles. The van der Waals surface area contributed by atoms with Gasteiger partial charge in [0.15, 0.2) is 0 Å². The number of hydrogen-bond donors (Lipinski definition) is 2. The predicted octanol–water partition coefficient (Wildman–Crippen LogP) is 4.34. The zero-order valence-corrected chi connectivity index (χ0v) is 12.9. The monoisotopic (exact) mass is 281 g/mol. The molecule has 0 heterocycles. The molecular formula is C15H23NO2S. The average Bonchev–Trinajstić information content (AvgIpc) is 2.37. The average molecular weight is 281 g/mol. The number of benzene rings is 1. The molecule has 0 fully saturated rings. The molecule has 0 spiro atoms. The van der Waals surface area contributed by atoms with Crippen molar-refractivity contribution in [3.63, 3.8) is 0 Å². The van der Waals surface area contributed by atoms with E-state index in [1.807, 2.05) is 25.1 Å². The lowest BCUT2D eigenvalue weighted by Crippen LogP contribution is -2.24. The number of rotatable bonds is 7. The highest BCUT2D eigenvalue weighted by Gasteiger charge is 2.18. The van der Waals surface area contributed by atoms with E-state index in [1.54, 1.807) is 11.8 Å². The van der Waals surface area contributed by atoms with E-state index in [-0.39, 0.29) is 6.04 Å². The number of carboxylic acids is 1. The molecule has 1 aromatic carbocycles. The van der Waals surface area contributed by atoms with Gasteiger partial charge in [0, 0.05) is 10.9 Å². The van der Waals surface area contributed by atoms with Crippen molar-refractivity contribution in [2.45, 2.75) is 45.1 Å². The number of nitrogens with one attached hydrogen (secondary N) is 1. The van der Waals surface area contributed by atoms with E-state index in [4.69, 9.17) is 0 Å². The first-order valence-electron chi connectivity index (χ1n) is 6.76. The van der Waals surface area contributed by atoms with E-state index >= 15 is 0 Å². The molecule has 0 aliphatic heterocycles. The van der Waals surface area contributed by atoms with Crippen molar-refractivity contribution in [3.8, 4) is 0 Å². The van der Waals surface area contributed by atoms with Crippen molar-refractivity contribution in [1.29, 1.82) is 0 Å². The fourth-order valence-electron chi connectivity index (χ4n) is 1.89. The Labute approximate surface area is 119 Å². The first kappa shape index (κ1) is 15.9. The predicted molar refractivity (Wildman–Crippen MR) is 82.3 cm³/mol. The zero-order valence-electron chi connectivity index (χ0n) is 12.1. The second-order valence-electron chi connectivity index (χ2n) is 4.74. The summed E-state index contributed by atoms with van der Waals surface area (Å²) in [6.45, 7) is 8.44. The molecule has 106 valence electrons. The minimum atomic E-state index is -0.865. The van der Waals surface area contributed by atoms with Gasteiger partial charge in [0.05, 0.1) is 11.3 Å². The first-order valence-corrected chi connectivity index (χ1v) is 7.75. The van der Waals surface area contributed by atoms with Crippen molar-refractivity contribution in [2.75, 3.05) is 11.1 Å². The van der Waals surface area contributed by atoms with Gasteiger partial charge in [0.1, 0.15) is 0 Å². The number of aromatic carboxylic acids is 1. The van der Waals surface area contributed by atoms with Gasteiger partial charge in [-0.2, -0.15) is 0 Å². The van der Waals surface area contributed by atoms with E-state index in [1.165, 1.54) is 0 Å². The molecule has 19 heavy (non-hydrogen) atoms. The third kappa shape index (κ3) is 4.16. The Bertz CT molecular complexity index is 434. The summed E-state index contributed by atoms with van der Waals surface area (Å²) in [5.41, 5.74) is 1.11. The quantitative estimate of drug-likeness (QED) is 0.730. The molecule has 3 nitrogen and oxygen atoms in total. The maximum atomic E-state index is 11.5. The summed E-state index contributed by atoms with van der Waals surface area (Å²) in [6.07, 6.45) is 1.07. The van der Waals surface area contributed by atoms with Crippen LogP contribution in [0.25, 0.3) is 0 Å². The van der Waals surface area contributed by atoms with Gasteiger partial charge >= 0.3 is 5.97 Å². The van der Waals surface area contributed by atoms with Gasteiger partial charge in [-0.3, -0.25) is 0 Å². The van der Waals surface area contributed by atoms with Crippen molar-refractivity contribution in [2.24, 2.45) is 5.92 Å². The standard InChI is InChI=1S/C15H23NO2S/c1-5-10(3)11(4)16-12-8-7-9-13(19-6-2)14(12)15(17)18/h7-11,16H,5-6H2,1-4H3,(H,17,18). The van der Waals surface area contributed by atoms with Crippen molar-refractivity contribution in [3.05, 3.63) is 23.8 Å². The molecule has 0 bridgehead atoms. The van der Waals surface area contributed by atoms with Crippen molar-refractivity contribution < 1.29 is 9.90 Å². The summed E-state index contributed by atoms with van der Waals surface area (Å²) in [5, 5.41) is 12.8. The summed E-state index contributed by atoms with van der Waals surface area (Å²) in [4.78, 5) is 12.3. The lowest BCUT2D eigenvalue weighted by Gasteiger charge is -2.23. The van der Waals surface area contributed by atoms with Gasteiger partial charge in [-0.05, 0) is 30.7 Å². The number of hydrogen-bond acceptors (Lipinski definition) is 3. The topological polar surface area (TPSA) is 49.3 Å². The minimum absolute atomic E-state index is 0.255.